The Hall–Kier alpha value is -1.42. The molecule has 0 amide bonds. The number of hydrogen-bond donors (Lipinski definition) is 2. The van der Waals surface area contributed by atoms with E-state index in [0.717, 1.165) is 3.57 Å². The largest absolute Gasteiger partial charge is 0.391 e. The summed E-state index contributed by atoms with van der Waals surface area (Å²) in [6.07, 6.45) is 1.22. The molecule has 0 fully saturated rings. The van der Waals surface area contributed by atoms with Gasteiger partial charge in [0.25, 0.3) is 5.56 Å². The standard InChI is InChI=1S/C12H11IN4O2.BrH/c13-8-3-1-7(2-4-8)9(18)5-17-6-16-12(19)10(14)11(17)15;/h1-4,6H,5,14-15H2;1H. The average Bonchev–Trinajstić information content (AvgIpc) is 2.40. The maximum absolute atomic E-state index is 12.0. The predicted molar refractivity (Wildman–Crippen MR) is 91.1 cm³/mol. The lowest BCUT2D eigenvalue weighted by Gasteiger charge is -2.10. The fraction of sp³-hybridized carbons (Fsp3) is 0.0833. The van der Waals surface area contributed by atoms with Gasteiger partial charge >= 0.3 is 0 Å². The SMILES string of the molecule is Br.Nc1c(N)n(CC(=O)c2ccc(I)cc2)cnc1=O. The monoisotopic (exact) mass is 450 g/mol. The zero-order valence-electron chi connectivity index (χ0n) is 10.2. The first kappa shape index (κ1) is 16.6. The van der Waals surface area contributed by atoms with E-state index < -0.39 is 5.56 Å². The van der Waals surface area contributed by atoms with Crippen LogP contribution in [0.2, 0.25) is 0 Å². The van der Waals surface area contributed by atoms with Crippen LogP contribution in [0.4, 0.5) is 11.5 Å². The van der Waals surface area contributed by atoms with Crippen LogP contribution < -0.4 is 17.0 Å². The third-order valence-electron chi connectivity index (χ3n) is 2.61. The smallest absolute Gasteiger partial charge is 0.298 e. The number of ketones is 1. The molecule has 0 saturated heterocycles. The van der Waals surface area contributed by atoms with Crippen molar-refractivity contribution >= 4 is 56.9 Å². The van der Waals surface area contributed by atoms with Crippen LogP contribution in [0.1, 0.15) is 10.4 Å². The zero-order valence-corrected chi connectivity index (χ0v) is 14.1. The Bertz CT molecular complexity index is 685. The first-order valence-electron chi connectivity index (χ1n) is 5.38. The molecule has 0 atom stereocenters. The quantitative estimate of drug-likeness (QED) is 0.544. The number of halogens is 2. The van der Waals surface area contributed by atoms with Gasteiger partial charge in [-0.05, 0) is 34.7 Å². The highest BCUT2D eigenvalue weighted by atomic mass is 127. The summed E-state index contributed by atoms with van der Waals surface area (Å²) in [4.78, 5) is 26.8. The lowest BCUT2D eigenvalue weighted by Crippen LogP contribution is -2.22. The van der Waals surface area contributed by atoms with Gasteiger partial charge in [-0.1, -0.05) is 12.1 Å². The highest BCUT2D eigenvalue weighted by Gasteiger charge is 2.11. The van der Waals surface area contributed by atoms with Gasteiger partial charge in [0.15, 0.2) is 5.78 Å². The van der Waals surface area contributed by atoms with Crippen LogP contribution in [-0.4, -0.2) is 15.3 Å². The van der Waals surface area contributed by atoms with Gasteiger partial charge in [0.1, 0.15) is 17.8 Å². The maximum atomic E-state index is 12.0. The van der Waals surface area contributed by atoms with Crippen molar-refractivity contribution < 1.29 is 4.79 Å². The Balaban J connectivity index is 0.00000200. The minimum Gasteiger partial charge on any atom is -0.391 e. The molecule has 0 unspecified atom stereocenters. The van der Waals surface area contributed by atoms with Crippen LogP contribution in [0, 0.1) is 3.57 Å². The predicted octanol–water partition coefficient (Wildman–Crippen LogP) is 1.47. The van der Waals surface area contributed by atoms with Gasteiger partial charge in [0.05, 0.1) is 6.54 Å². The van der Waals surface area contributed by atoms with E-state index in [-0.39, 0.29) is 40.8 Å². The van der Waals surface area contributed by atoms with Crippen molar-refractivity contribution in [3.05, 3.63) is 50.1 Å². The van der Waals surface area contributed by atoms with Crippen molar-refractivity contribution in [3.8, 4) is 0 Å². The van der Waals surface area contributed by atoms with Crippen molar-refractivity contribution in [3.63, 3.8) is 0 Å². The minimum atomic E-state index is -0.588. The number of anilines is 2. The number of carbonyl (C=O) groups is 1. The summed E-state index contributed by atoms with van der Waals surface area (Å²) in [6.45, 7) is -0.0100. The molecular weight excluding hydrogens is 439 g/mol. The molecular formula is C12H12BrIN4O2. The lowest BCUT2D eigenvalue weighted by molar-refractivity contribution is 0.0972. The number of nitrogens with zero attached hydrogens (tertiary/aromatic N) is 2. The van der Waals surface area contributed by atoms with Gasteiger partial charge in [-0.15, -0.1) is 17.0 Å². The summed E-state index contributed by atoms with van der Waals surface area (Å²) in [6, 6.07) is 7.16. The molecule has 20 heavy (non-hydrogen) atoms. The average molecular weight is 451 g/mol. The molecule has 0 aliphatic carbocycles. The van der Waals surface area contributed by atoms with Crippen LogP contribution >= 0.6 is 39.6 Å². The van der Waals surface area contributed by atoms with Gasteiger partial charge in [-0.2, -0.15) is 4.98 Å². The van der Waals surface area contributed by atoms with E-state index >= 15 is 0 Å². The molecule has 0 radical (unpaired) electrons. The molecule has 0 saturated carbocycles. The number of nitrogen functional groups attached to an aromatic ring is 2. The van der Waals surface area contributed by atoms with Crippen molar-refractivity contribution in [2.75, 3.05) is 11.5 Å². The number of hydrogen-bond acceptors (Lipinski definition) is 5. The molecule has 0 aliphatic rings. The number of benzene rings is 1. The Kier molecular flexibility index (Phi) is 5.69. The third-order valence-corrected chi connectivity index (χ3v) is 3.33. The van der Waals surface area contributed by atoms with Crippen molar-refractivity contribution in [2.45, 2.75) is 6.54 Å². The highest BCUT2D eigenvalue weighted by Crippen LogP contribution is 2.11. The topological polar surface area (TPSA) is 104 Å². The zero-order chi connectivity index (χ0) is 14.0. The second-order valence-corrected chi connectivity index (χ2v) is 5.15. The summed E-state index contributed by atoms with van der Waals surface area (Å²) in [5.41, 5.74) is 11.0. The Morgan fingerprint density at radius 3 is 2.45 bits per heavy atom. The summed E-state index contributed by atoms with van der Waals surface area (Å²) in [5.74, 6) is -0.0770. The van der Waals surface area contributed by atoms with Gasteiger partial charge in [0.2, 0.25) is 0 Å². The third kappa shape index (κ3) is 3.57. The summed E-state index contributed by atoms with van der Waals surface area (Å²) in [5, 5.41) is 0. The molecule has 0 spiro atoms. The van der Waals surface area contributed by atoms with Gasteiger partial charge < -0.3 is 16.0 Å². The molecule has 2 rings (SSSR count). The maximum Gasteiger partial charge on any atom is 0.298 e. The number of carbonyl (C=O) groups excluding carboxylic acids is 1. The molecule has 1 heterocycles. The summed E-state index contributed by atoms with van der Waals surface area (Å²) in [7, 11) is 0. The van der Waals surface area contributed by atoms with Crippen molar-refractivity contribution in [1.82, 2.24) is 9.55 Å². The number of aromatic nitrogens is 2. The molecule has 106 valence electrons. The summed E-state index contributed by atoms with van der Waals surface area (Å²) >= 11 is 2.16. The van der Waals surface area contributed by atoms with Crippen LogP contribution in [0.3, 0.4) is 0 Å². The van der Waals surface area contributed by atoms with E-state index in [9.17, 15) is 9.59 Å². The van der Waals surface area contributed by atoms with E-state index in [1.165, 1.54) is 10.9 Å². The molecule has 0 aliphatic heterocycles. The highest BCUT2D eigenvalue weighted by molar-refractivity contribution is 14.1. The Labute approximate surface area is 139 Å². The van der Waals surface area contributed by atoms with E-state index in [0.29, 0.717) is 5.56 Å². The lowest BCUT2D eigenvalue weighted by atomic mass is 10.1. The molecule has 4 N–H and O–H groups in total. The van der Waals surface area contributed by atoms with Gasteiger partial charge in [0, 0.05) is 9.13 Å². The van der Waals surface area contributed by atoms with E-state index in [2.05, 4.69) is 27.6 Å². The van der Waals surface area contributed by atoms with Crippen LogP contribution in [0.25, 0.3) is 0 Å². The summed E-state index contributed by atoms with van der Waals surface area (Å²) < 4.78 is 2.40. The molecule has 6 nitrogen and oxygen atoms in total. The molecule has 1 aromatic heterocycles. The Morgan fingerprint density at radius 1 is 1.25 bits per heavy atom. The molecule has 8 heteroatoms. The van der Waals surface area contributed by atoms with Gasteiger partial charge in [-0.3, -0.25) is 9.59 Å². The first-order valence-corrected chi connectivity index (χ1v) is 6.46. The van der Waals surface area contributed by atoms with Crippen molar-refractivity contribution in [1.29, 1.82) is 0 Å². The molecule has 1 aromatic carbocycles. The fourth-order valence-corrected chi connectivity index (χ4v) is 1.89. The fourth-order valence-electron chi connectivity index (χ4n) is 1.53. The van der Waals surface area contributed by atoms with E-state index in [1.54, 1.807) is 12.1 Å². The number of rotatable bonds is 3. The van der Waals surface area contributed by atoms with Gasteiger partial charge in [-0.25, -0.2) is 0 Å². The van der Waals surface area contributed by atoms with Crippen LogP contribution in [-0.2, 0) is 6.54 Å². The van der Waals surface area contributed by atoms with E-state index in [4.69, 9.17) is 11.5 Å². The van der Waals surface area contributed by atoms with Crippen molar-refractivity contribution in [2.24, 2.45) is 0 Å². The number of Topliss-reactive ketones (excluding diaryl/α,β-unsaturated/α-hetero) is 1. The second-order valence-electron chi connectivity index (χ2n) is 3.91. The van der Waals surface area contributed by atoms with Crippen LogP contribution in [0.15, 0.2) is 35.4 Å². The number of nitrogens with two attached hydrogens (primary N) is 2. The molecule has 2 aromatic rings. The minimum absolute atomic E-state index is 0. The van der Waals surface area contributed by atoms with E-state index in [1.807, 2.05) is 12.1 Å². The Morgan fingerprint density at radius 2 is 1.85 bits per heavy atom. The first-order chi connectivity index (χ1) is 8.99. The molecule has 0 bridgehead atoms. The normalized spacial score (nSPS) is 9.85. The second kappa shape index (κ2) is 6.84. The van der Waals surface area contributed by atoms with Crippen LogP contribution in [0.5, 0.6) is 0 Å².